The Balaban J connectivity index is 1.86. The maximum atomic E-state index is 11.9. The Hall–Kier alpha value is -1.75. The summed E-state index contributed by atoms with van der Waals surface area (Å²) in [7, 11) is 1.78. The van der Waals surface area contributed by atoms with Crippen molar-refractivity contribution in [1.29, 1.82) is 0 Å². The minimum atomic E-state index is -0.0613. The number of nitrogens with two attached hydrogens (primary N) is 1. The number of anilines is 1. The van der Waals surface area contributed by atoms with E-state index in [0.717, 1.165) is 13.0 Å². The number of ether oxygens (including phenoxy) is 2. The van der Waals surface area contributed by atoms with Crippen LogP contribution in [0.1, 0.15) is 6.42 Å². The third-order valence-corrected chi connectivity index (χ3v) is 3.12. The highest BCUT2D eigenvalue weighted by molar-refractivity contribution is 5.78. The molecule has 2 N–H and O–H groups in total. The summed E-state index contributed by atoms with van der Waals surface area (Å²) in [6, 6.07) is 7.31. The summed E-state index contributed by atoms with van der Waals surface area (Å²) in [5, 5.41) is 0. The first kappa shape index (κ1) is 12.7. The van der Waals surface area contributed by atoms with Gasteiger partial charge in [-0.1, -0.05) is 12.1 Å². The van der Waals surface area contributed by atoms with Gasteiger partial charge in [-0.15, -0.1) is 0 Å². The number of amides is 1. The molecule has 0 radical (unpaired) electrons. The maximum absolute atomic E-state index is 11.9. The Kier molecular flexibility index (Phi) is 4.04. The molecule has 5 nitrogen and oxygen atoms in total. The van der Waals surface area contributed by atoms with Crippen LogP contribution in [0.5, 0.6) is 5.75 Å². The average molecular weight is 250 g/mol. The van der Waals surface area contributed by atoms with Crippen LogP contribution in [0.15, 0.2) is 24.3 Å². The molecule has 0 spiro atoms. The average Bonchev–Trinajstić information content (AvgIpc) is 2.90. The third kappa shape index (κ3) is 2.92. The van der Waals surface area contributed by atoms with Crippen molar-refractivity contribution in [1.82, 2.24) is 4.90 Å². The Morgan fingerprint density at radius 2 is 2.33 bits per heavy atom. The highest BCUT2D eigenvalue weighted by atomic mass is 16.5. The second-order valence-electron chi connectivity index (χ2n) is 4.35. The number of carbonyl (C=O) groups excluding carboxylic acids is 1. The van der Waals surface area contributed by atoms with Crippen molar-refractivity contribution < 1.29 is 14.3 Å². The van der Waals surface area contributed by atoms with Crippen LogP contribution in [0.3, 0.4) is 0 Å². The smallest absolute Gasteiger partial charge is 0.260 e. The Morgan fingerprint density at radius 3 is 3.00 bits per heavy atom. The molecule has 1 aromatic rings. The zero-order valence-corrected chi connectivity index (χ0v) is 10.5. The molecular formula is C13H18N2O3. The molecule has 1 aliphatic heterocycles. The number of hydrogen-bond acceptors (Lipinski definition) is 4. The van der Waals surface area contributed by atoms with E-state index < -0.39 is 0 Å². The van der Waals surface area contributed by atoms with Gasteiger partial charge in [-0.25, -0.2) is 0 Å². The molecule has 1 aliphatic rings. The van der Waals surface area contributed by atoms with Crippen molar-refractivity contribution in [3.8, 4) is 5.75 Å². The van der Waals surface area contributed by atoms with E-state index >= 15 is 0 Å². The second kappa shape index (κ2) is 5.73. The highest BCUT2D eigenvalue weighted by Crippen LogP contribution is 2.20. The molecule has 0 bridgehead atoms. The number of benzene rings is 1. The fourth-order valence-electron chi connectivity index (χ4n) is 1.88. The lowest BCUT2D eigenvalue weighted by atomic mass is 10.2. The lowest BCUT2D eigenvalue weighted by Gasteiger charge is -2.23. The molecule has 1 atom stereocenters. The van der Waals surface area contributed by atoms with E-state index in [1.54, 1.807) is 24.1 Å². The maximum Gasteiger partial charge on any atom is 0.260 e. The number of hydrogen-bond donors (Lipinski definition) is 1. The van der Waals surface area contributed by atoms with E-state index in [-0.39, 0.29) is 18.6 Å². The van der Waals surface area contributed by atoms with E-state index in [2.05, 4.69) is 0 Å². The minimum Gasteiger partial charge on any atom is -0.482 e. The first-order valence-corrected chi connectivity index (χ1v) is 5.99. The van der Waals surface area contributed by atoms with Crippen molar-refractivity contribution >= 4 is 11.6 Å². The van der Waals surface area contributed by atoms with Gasteiger partial charge in [0.2, 0.25) is 0 Å². The second-order valence-corrected chi connectivity index (χ2v) is 4.35. The highest BCUT2D eigenvalue weighted by Gasteiger charge is 2.24. The van der Waals surface area contributed by atoms with Crippen molar-refractivity contribution in [3.05, 3.63) is 24.3 Å². The van der Waals surface area contributed by atoms with E-state index in [4.69, 9.17) is 15.2 Å². The zero-order valence-electron chi connectivity index (χ0n) is 10.5. The molecule has 1 unspecified atom stereocenters. The first-order valence-electron chi connectivity index (χ1n) is 5.99. The van der Waals surface area contributed by atoms with E-state index in [1.807, 2.05) is 12.1 Å². The third-order valence-electron chi connectivity index (χ3n) is 3.12. The summed E-state index contributed by atoms with van der Waals surface area (Å²) in [5.74, 6) is 0.482. The largest absolute Gasteiger partial charge is 0.482 e. The molecule has 5 heteroatoms. The standard InChI is InChI=1S/C13H18N2O3/c1-15(10-6-7-17-8-10)13(16)9-18-12-5-3-2-4-11(12)14/h2-5,10H,6-9,14H2,1H3. The summed E-state index contributed by atoms with van der Waals surface area (Å²) in [5.41, 5.74) is 6.27. The van der Waals surface area contributed by atoms with Gasteiger partial charge in [0.15, 0.2) is 6.61 Å². The molecular weight excluding hydrogens is 232 g/mol. The number of carbonyl (C=O) groups is 1. The van der Waals surface area contributed by atoms with Gasteiger partial charge in [0.05, 0.1) is 18.3 Å². The summed E-state index contributed by atoms with van der Waals surface area (Å²) in [6.45, 7) is 1.33. The Labute approximate surface area is 106 Å². The monoisotopic (exact) mass is 250 g/mol. The van der Waals surface area contributed by atoms with Gasteiger partial charge in [0.1, 0.15) is 5.75 Å². The zero-order chi connectivity index (χ0) is 13.0. The van der Waals surface area contributed by atoms with Gasteiger partial charge in [0, 0.05) is 13.7 Å². The Bertz CT molecular complexity index is 416. The Morgan fingerprint density at radius 1 is 1.56 bits per heavy atom. The van der Waals surface area contributed by atoms with Crippen LogP contribution in [0.4, 0.5) is 5.69 Å². The van der Waals surface area contributed by atoms with Crippen LogP contribution in [0.25, 0.3) is 0 Å². The van der Waals surface area contributed by atoms with Gasteiger partial charge in [-0.05, 0) is 18.6 Å². The van der Waals surface area contributed by atoms with Crippen LogP contribution < -0.4 is 10.5 Å². The van der Waals surface area contributed by atoms with Gasteiger partial charge in [-0.2, -0.15) is 0 Å². The van der Waals surface area contributed by atoms with Crippen LogP contribution in [-0.2, 0) is 9.53 Å². The van der Waals surface area contributed by atoms with Crippen LogP contribution in [-0.4, -0.2) is 43.7 Å². The molecule has 1 amide bonds. The topological polar surface area (TPSA) is 64.8 Å². The normalized spacial score (nSPS) is 18.6. The molecule has 0 saturated carbocycles. The molecule has 1 heterocycles. The molecule has 0 aromatic heterocycles. The first-order chi connectivity index (χ1) is 8.68. The van der Waals surface area contributed by atoms with Gasteiger partial charge in [-0.3, -0.25) is 4.79 Å². The molecule has 2 rings (SSSR count). The van der Waals surface area contributed by atoms with Gasteiger partial charge < -0.3 is 20.1 Å². The number of nitrogen functional groups attached to an aromatic ring is 1. The lowest BCUT2D eigenvalue weighted by Crippen LogP contribution is -2.40. The molecule has 1 aromatic carbocycles. The summed E-state index contributed by atoms with van der Waals surface area (Å²) >= 11 is 0. The minimum absolute atomic E-state index is 0.00120. The summed E-state index contributed by atoms with van der Waals surface area (Å²) in [4.78, 5) is 13.6. The van der Waals surface area contributed by atoms with Crippen molar-refractivity contribution in [2.75, 3.05) is 32.6 Å². The fourth-order valence-corrected chi connectivity index (χ4v) is 1.88. The van der Waals surface area contributed by atoms with Crippen LogP contribution in [0.2, 0.25) is 0 Å². The van der Waals surface area contributed by atoms with E-state index in [9.17, 15) is 4.79 Å². The SMILES string of the molecule is CN(C(=O)COc1ccccc1N)C1CCOC1. The van der Waals surface area contributed by atoms with Crippen molar-refractivity contribution in [2.24, 2.45) is 0 Å². The summed E-state index contributed by atoms with van der Waals surface area (Å²) in [6.07, 6.45) is 0.885. The lowest BCUT2D eigenvalue weighted by molar-refractivity contribution is -0.134. The molecule has 1 fully saturated rings. The molecule has 0 aliphatic carbocycles. The number of likely N-dealkylation sites (N-methyl/N-ethyl adjacent to an activating group) is 1. The summed E-state index contributed by atoms with van der Waals surface area (Å²) < 4.78 is 10.7. The molecule has 1 saturated heterocycles. The number of nitrogens with zero attached hydrogens (tertiary/aromatic N) is 1. The molecule has 98 valence electrons. The number of rotatable bonds is 4. The van der Waals surface area contributed by atoms with E-state index in [0.29, 0.717) is 18.0 Å². The number of para-hydroxylation sites is 2. The quantitative estimate of drug-likeness (QED) is 0.806. The predicted molar refractivity (Wildman–Crippen MR) is 68.3 cm³/mol. The van der Waals surface area contributed by atoms with Gasteiger partial charge >= 0.3 is 0 Å². The van der Waals surface area contributed by atoms with Crippen LogP contribution >= 0.6 is 0 Å². The van der Waals surface area contributed by atoms with Gasteiger partial charge in [0.25, 0.3) is 5.91 Å². The van der Waals surface area contributed by atoms with Crippen LogP contribution in [0, 0.1) is 0 Å². The molecule has 18 heavy (non-hydrogen) atoms. The van der Waals surface area contributed by atoms with Crippen molar-refractivity contribution in [2.45, 2.75) is 12.5 Å². The van der Waals surface area contributed by atoms with Crippen molar-refractivity contribution in [3.63, 3.8) is 0 Å². The fraction of sp³-hybridized carbons (Fsp3) is 0.462. The van der Waals surface area contributed by atoms with E-state index in [1.165, 1.54) is 0 Å². The predicted octanol–water partition coefficient (Wildman–Crippen LogP) is 0.895.